The van der Waals surface area contributed by atoms with Crippen molar-refractivity contribution in [1.29, 1.82) is 0 Å². The molecule has 0 fully saturated rings. The molecule has 35 heavy (non-hydrogen) atoms. The Balaban J connectivity index is 1.41. The van der Waals surface area contributed by atoms with Gasteiger partial charge in [0, 0.05) is 18.1 Å². The molecule has 6 aromatic rings. The zero-order valence-electron chi connectivity index (χ0n) is 18.9. The zero-order chi connectivity index (χ0) is 23.5. The summed E-state index contributed by atoms with van der Waals surface area (Å²) in [5, 5.41) is 5.65. The summed E-state index contributed by atoms with van der Waals surface area (Å²) in [7, 11) is -0.600. The van der Waals surface area contributed by atoms with E-state index in [0.717, 1.165) is 23.8 Å². The molecule has 0 saturated heterocycles. The number of oxazole rings is 1. The summed E-state index contributed by atoms with van der Waals surface area (Å²) in [6, 6.07) is 34.0. The van der Waals surface area contributed by atoms with Crippen LogP contribution < -0.4 is 10.2 Å². The van der Waals surface area contributed by atoms with Gasteiger partial charge in [0.05, 0.1) is 6.29 Å². The molecule has 1 unspecified atom stereocenters. The van der Waals surface area contributed by atoms with E-state index in [1.54, 1.807) is 17.1 Å². The number of hydrogen-bond acceptors (Lipinski definition) is 5. The highest BCUT2D eigenvalue weighted by Crippen LogP contribution is 2.43. The van der Waals surface area contributed by atoms with Gasteiger partial charge in [0.1, 0.15) is 12.0 Å². The van der Waals surface area contributed by atoms with Crippen LogP contribution in [0.2, 0.25) is 0 Å². The lowest BCUT2D eigenvalue weighted by Crippen LogP contribution is -2.21. The molecular formula is C28H23N4O2P. The molecule has 0 saturated carbocycles. The zero-order valence-corrected chi connectivity index (χ0v) is 19.8. The first-order chi connectivity index (χ1) is 17.3. The van der Waals surface area contributed by atoms with Gasteiger partial charge in [0.15, 0.2) is 5.52 Å². The van der Waals surface area contributed by atoms with Crippen molar-refractivity contribution in [3.63, 3.8) is 0 Å². The van der Waals surface area contributed by atoms with Crippen LogP contribution in [0.4, 0.5) is 11.7 Å². The molecule has 0 aliphatic carbocycles. The molecule has 3 heterocycles. The molecule has 172 valence electrons. The van der Waals surface area contributed by atoms with Crippen LogP contribution in [0.3, 0.4) is 0 Å². The van der Waals surface area contributed by atoms with Gasteiger partial charge in [-0.15, -0.1) is 0 Å². The largest absolute Gasteiger partial charge is 0.430 e. The Bertz CT molecular complexity index is 1500. The van der Waals surface area contributed by atoms with Gasteiger partial charge in [-0.05, 0) is 35.2 Å². The molecule has 6 rings (SSSR count). The molecule has 7 heteroatoms. The van der Waals surface area contributed by atoms with E-state index in [-0.39, 0.29) is 0 Å². The fourth-order valence-corrected chi connectivity index (χ4v) is 6.41. The lowest BCUT2D eigenvalue weighted by atomic mass is 10.2. The van der Waals surface area contributed by atoms with Gasteiger partial charge >= 0.3 is 11.8 Å². The van der Waals surface area contributed by atoms with Crippen molar-refractivity contribution >= 4 is 36.2 Å². The van der Waals surface area contributed by atoms with Crippen LogP contribution in [0, 0.1) is 0 Å². The molecule has 0 spiro atoms. The topological polar surface area (TPSA) is 60.2 Å². The highest BCUT2D eigenvalue weighted by molar-refractivity contribution is 7.65. The second-order valence-corrected chi connectivity index (χ2v) is 10.3. The monoisotopic (exact) mass is 478 g/mol. The first-order valence-corrected chi connectivity index (χ1v) is 13.1. The van der Waals surface area contributed by atoms with Crippen molar-refractivity contribution in [2.45, 2.75) is 6.16 Å². The Hall–Kier alpha value is -4.15. The number of aromatic nitrogens is 3. The van der Waals surface area contributed by atoms with Gasteiger partial charge in [-0.25, -0.2) is 4.68 Å². The van der Waals surface area contributed by atoms with Gasteiger partial charge in [-0.2, -0.15) is 10.1 Å². The number of hydrogen-bond donors (Lipinski definition) is 0. The maximum absolute atomic E-state index is 6.17. The summed E-state index contributed by atoms with van der Waals surface area (Å²) in [6.45, 7) is 0. The summed E-state index contributed by atoms with van der Waals surface area (Å²) in [4.78, 5) is 7.03. The van der Waals surface area contributed by atoms with E-state index in [2.05, 4.69) is 82.8 Å². The Morgan fingerprint density at radius 2 is 1.54 bits per heavy atom. The Morgan fingerprint density at radius 3 is 2.26 bits per heavy atom. The summed E-state index contributed by atoms with van der Waals surface area (Å²) in [5.74, 6) is 0.388. The van der Waals surface area contributed by atoms with Crippen LogP contribution in [-0.2, 0) is 6.16 Å². The third-order valence-electron chi connectivity index (χ3n) is 5.80. The van der Waals surface area contributed by atoms with Crippen LogP contribution in [0.1, 0.15) is 5.56 Å². The second kappa shape index (κ2) is 9.61. The van der Waals surface area contributed by atoms with Crippen molar-refractivity contribution in [1.82, 2.24) is 14.8 Å². The molecule has 0 aliphatic heterocycles. The Kier molecular flexibility index (Phi) is 5.87. The van der Waals surface area contributed by atoms with Crippen LogP contribution in [0.15, 0.2) is 125 Å². The number of rotatable bonds is 8. The van der Waals surface area contributed by atoms with Gasteiger partial charge in [-0.1, -0.05) is 86.8 Å². The number of anilines is 2. The average molecular weight is 478 g/mol. The highest BCUT2D eigenvalue weighted by Gasteiger charge is 2.25. The molecule has 3 aromatic carbocycles. The first-order valence-electron chi connectivity index (χ1n) is 11.4. The molecule has 0 aliphatic rings. The molecule has 0 N–H and O–H groups in total. The highest BCUT2D eigenvalue weighted by atomic mass is 31.1. The van der Waals surface area contributed by atoms with E-state index in [1.165, 1.54) is 10.9 Å². The SMILES string of the molecule is c1ccc(CP(CN(c2ccccc2)c2nc3c(-n4cccn4)coc3o2)c2ccccc2)cc1. The molecule has 0 radical (unpaired) electrons. The van der Waals surface area contributed by atoms with Gasteiger partial charge in [0.2, 0.25) is 0 Å². The summed E-state index contributed by atoms with van der Waals surface area (Å²) in [5.41, 5.74) is 3.74. The third kappa shape index (κ3) is 4.48. The van der Waals surface area contributed by atoms with Gasteiger partial charge < -0.3 is 8.83 Å². The maximum Gasteiger partial charge on any atom is 0.321 e. The molecule has 0 bridgehead atoms. The second-order valence-electron chi connectivity index (χ2n) is 8.13. The number of fused-ring (bicyclic) bond motifs is 1. The number of nitrogens with zero attached hydrogens (tertiary/aromatic N) is 4. The quantitative estimate of drug-likeness (QED) is 0.228. The van der Waals surface area contributed by atoms with Gasteiger partial charge in [0.25, 0.3) is 0 Å². The smallest absolute Gasteiger partial charge is 0.321 e. The minimum atomic E-state index is -0.600. The van der Waals surface area contributed by atoms with E-state index in [0.29, 0.717) is 17.3 Å². The van der Waals surface area contributed by atoms with Crippen LogP contribution >= 0.6 is 7.92 Å². The van der Waals surface area contributed by atoms with E-state index < -0.39 is 7.92 Å². The van der Waals surface area contributed by atoms with Crippen LogP contribution in [0.5, 0.6) is 0 Å². The van der Waals surface area contributed by atoms with E-state index in [4.69, 9.17) is 13.8 Å². The summed E-state index contributed by atoms with van der Waals surface area (Å²) < 4.78 is 13.6. The van der Waals surface area contributed by atoms with E-state index in [9.17, 15) is 0 Å². The number of para-hydroxylation sites is 1. The van der Waals surface area contributed by atoms with Crippen LogP contribution in [-0.4, -0.2) is 21.1 Å². The lowest BCUT2D eigenvalue weighted by molar-refractivity contribution is 0.475. The third-order valence-corrected chi connectivity index (χ3v) is 8.20. The number of furan rings is 1. The van der Waals surface area contributed by atoms with E-state index in [1.807, 2.05) is 30.5 Å². The molecule has 3 aromatic heterocycles. The standard InChI is InChI=1S/C28H23N4O2P/c1-4-11-22(12-5-1)20-35(24-15-8-3-9-16-24)21-31(23-13-6-2-7-14-23)28-30-26-25(19-33-27(26)34-28)32-18-10-17-29-32/h1-19H,20-21H2. The normalized spacial score (nSPS) is 12.1. The van der Waals surface area contributed by atoms with Crippen molar-refractivity contribution in [2.75, 3.05) is 11.2 Å². The minimum Gasteiger partial charge on any atom is -0.430 e. The van der Waals surface area contributed by atoms with Gasteiger partial charge in [-0.3, -0.25) is 4.90 Å². The molecule has 0 amide bonds. The predicted molar refractivity (Wildman–Crippen MR) is 140 cm³/mol. The van der Waals surface area contributed by atoms with Crippen molar-refractivity contribution in [2.24, 2.45) is 0 Å². The fraction of sp³-hybridized carbons (Fsp3) is 0.0714. The summed E-state index contributed by atoms with van der Waals surface area (Å²) >= 11 is 0. The van der Waals surface area contributed by atoms with Crippen LogP contribution in [0.25, 0.3) is 17.0 Å². The minimum absolute atomic E-state index is 0.388. The summed E-state index contributed by atoms with van der Waals surface area (Å²) in [6.07, 6.45) is 6.92. The molecular weight excluding hydrogens is 455 g/mol. The predicted octanol–water partition coefficient (Wildman–Crippen LogP) is 6.71. The molecule has 1 atom stereocenters. The van der Waals surface area contributed by atoms with Crippen molar-refractivity contribution in [3.05, 3.63) is 121 Å². The number of benzene rings is 3. The van der Waals surface area contributed by atoms with Crippen molar-refractivity contribution in [3.8, 4) is 5.69 Å². The lowest BCUT2D eigenvalue weighted by Gasteiger charge is -2.27. The Morgan fingerprint density at radius 1 is 0.829 bits per heavy atom. The Labute approximate surface area is 204 Å². The van der Waals surface area contributed by atoms with Crippen molar-refractivity contribution < 1.29 is 8.83 Å². The first kappa shape index (κ1) is 21.4. The maximum atomic E-state index is 6.17. The average Bonchev–Trinajstić information content (AvgIpc) is 3.66. The van der Waals surface area contributed by atoms with E-state index >= 15 is 0 Å². The fourth-order valence-electron chi connectivity index (χ4n) is 4.09. The molecule has 6 nitrogen and oxygen atoms in total.